The maximum absolute atomic E-state index is 12.9. The third kappa shape index (κ3) is 2.91. The molecule has 0 radical (unpaired) electrons. The number of fused-ring (bicyclic) bond motifs is 1. The molecule has 0 aromatic heterocycles. The summed E-state index contributed by atoms with van der Waals surface area (Å²) in [4.78, 5) is 25.0. The summed E-state index contributed by atoms with van der Waals surface area (Å²) in [6.45, 7) is 3.45. The SMILES string of the molecule is Cc1cc2c(c(C)c1[N+](=O)[O-])C(=O)N(c1ccc(C(F)(F)F)cc1)CC2. The van der Waals surface area contributed by atoms with E-state index < -0.39 is 22.6 Å². The van der Waals surface area contributed by atoms with Crippen molar-refractivity contribution in [3.05, 3.63) is 68.3 Å². The molecule has 0 aliphatic carbocycles. The standard InChI is InChI=1S/C18H15F3N2O3/c1-10-9-12-7-8-22(14-5-3-13(4-6-14)18(19,20)21)17(24)15(12)11(2)16(10)23(25)26/h3-6,9H,7-8H2,1-2H3. The van der Waals surface area contributed by atoms with Crippen LogP contribution in [0.5, 0.6) is 0 Å². The molecular weight excluding hydrogens is 349 g/mol. The van der Waals surface area contributed by atoms with Crippen molar-refractivity contribution in [3.8, 4) is 0 Å². The zero-order valence-corrected chi connectivity index (χ0v) is 14.1. The summed E-state index contributed by atoms with van der Waals surface area (Å²) >= 11 is 0. The van der Waals surface area contributed by atoms with E-state index >= 15 is 0 Å². The Morgan fingerprint density at radius 3 is 2.31 bits per heavy atom. The van der Waals surface area contributed by atoms with E-state index in [0.717, 1.165) is 17.7 Å². The number of nitrogens with zero attached hydrogens (tertiary/aromatic N) is 2. The number of nitro groups is 1. The highest BCUT2D eigenvalue weighted by atomic mass is 19.4. The topological polar surface area (TPSA) is 63.5 Å². The van der Waals surface area contributed by atoms with Gasteiger partial charge in [0.05, 0.1) is 16.1 Å². The van der Waals surface area contributed by atoms with Gasteiger partial charge in [0.25, 0.3) is 11.6 Å². The third-order valence-corrected chi connectivity index (χ3v) is 4.57. The maximum Gasteiger partial charge on any atom is 0.416 e. The number of anilines is 1. The Labute approximate surface area is 147 Å². The molecule has 2 aromatic carbocycles. The molecule has 0 unspecified atom stereocenters. The highest BCUT2D eigenvalue weighted by Gasteiger charge is 2.33. The quantitative estimate of drug-likeness (QED) is 0.585. The Morgan fingerprint density at radius 1 is 1.15 bits per heavy atom. The van der Waals surface area contributed by atoms with Gasteiger partial charge in [-0.15, -0.1) is 0 Å². The third-order valence-electron chi connectivity index (χ3n) is 4.57. The molecule has 3 rings (SSSR count). The van der Waals surface area contributed by atoms with Crippen LogP contribution in [0.15, 0.2) is 30.3 Å². The molecule has 136 valence electrons. The molecule has 0 bridgehead atoms. The lowest BCUT2D eigenvalue weighted by molar-refractivity contribution is -0.386. The number of amides is 1. The molecule has 1 aliphatic rings. The summed E-state index contributed by atoms with van der Waals surface area (Å²) in [6, 6.07) is 5.96. The van der Waals surface area contributed by atoms with Crippen molar-refractivity contribution in [2.24, 2.45) is 0 Å². The van der Waals surface area contributed by atoms with Crippen LogP contribution in [0.1, 0.15) is 32.6 Å². The van der Waals surface area contributed by atoms with Gasteiger partial charge in [-0.25, -0.2) is 0 Å². The van der Waals surface area contributed by atoms with Crippen LogP contribution in [0.25, 0.3) is 0 Å². The molecule has 1 aliphatic heterocycles. The second kappa shape index (κ2) is 6.12. The molecule has 0 saturated carbocycles. The Hall–Kier alpha value is -2.90. The van der Waals surface area contributed by atoms with E-state index in [2.05, 4.69) is 0 Å². The summed E-state index contributed by atoms with van der Waals surface area (Å²) in [7, 11) is 0. The largest absolute Gasteiger partial charge is 0.416 e. The number of alkyl halides is 3. The summed E-state index contributed by atoms with van der Waals surface area (Å²) in [5.41, 5.74) is 1.18. The van der Waals surface area contributed by atoms with Gasteiger partial charge < -0.3 is 4.90 Å². The van der Waals surface area contributed by atoms with Crippen LogP contribution in [0.2, 0.25) is 0 Å². The van der Waals surface area contributed by atoms with Crippen molar-refractivity contribution >= 4 is 17.3 Å². The van der Waals surface area contributed by atoms with Crippen molar-refractivity contribution in [3.63, 3.8) is 0 Å². The van der Waals surface area contributed by atoms with Crippen molar-refractivity contribution in [2.45, 2.75) is 26.4 Å². The van der Waals surface area contributed by atoms with Crippen LogP contribution >= 0.6 is 0 Å². The second-order valence-electron chi connectivity index (χ2n) is 6.21. The zero-order valence-electron chi connectivity index (χ0n) is 14.1. The molecule has 1 amide bonds. The minimum absolute atomic E-state index is 0.105. The first-order valence-electron chi connectivity index (χ1n) is 7.88. The first-order valence-corrected chi connectivity index (χ1v) is 7.88. The summed E-state index contributed by atoms with van der Waals surface area (Å²) in [6.07, 6.45) is -3.98. The van der Waals surface area contributed by atoms with Crippen molar-refractivity contribution in [1.82, 2.24) is 0 Å². The van der Waals surface area contributed by atoms with Gasteiger partial charge in [-0.05, 0) is 56.2 Å². The van der Waals surface area contributed by atoms with E-state index in [0.29, 0.717) is 24.2 Å². The molecular formula is C18H15F3N2O3. The number of carbonyl (C=O) groups excluding carboxylic acids is 1. The van der Waals surface area contributed by atoms with E-state index in [1.54, 1.807) is 13.0 Å². The predicted molar refractivity (Wildman–Crippen MR) is 89.4 cm³/mol. The predicted octanol–water partition coefficient (Wildman–Crippen LogP) is 4.43. The Morgan fingerprint density at radius 2 is 1.77 bits per heavy atom. The number of nitro benzene ring substituents is 1. The monoisotopic (exact) mass is 364 g/mol. The molecule has 1 heterocycles. The van der Waals surface area contributed by atoms with Crippen LogP contribution in [0.4, 0.5) is 24.5 Å². The van der Waals surface area contributed by atoms with Gasteiger partial charge >= 0.3 is 6.18 Å². The molecule has 0 N–H and O–H groups in total. The molecule has 0 spiro atoms. The first kappa shape index (κ1) is 17.9. The van der Waals surface area contributed by atoms with E-state index in [1.807, 2.05) is 0 Å². The Bertz CT molecular complexity index is 905. The number of aryl methyl sites for hydroxylation is 1. The normalized spacial score (nSPS) is 14.3. The van der Waals surface area contributed by atoms with Crippen LogP contribution in [-0.2, 0) is 12.6 Å². The molecule has 26 heavy (non-hydrogen) atoms. The fraction of sp³-hybridized carbons (Fsp3) is 0.278. The zero-order chi connectivity index (χ0) is 19.2. The summed E-state index contributed by atoms with van der Waals surface area (Å²) in [5.74, 6) is -0.438. The highest BCUT2D eigenvalue weighted by molar-refractivity contribution is 6.09. The number of halogens is 3. The summed E-state index contributed by atoms with van der Waals surface area (Å²) < 4.78 is 38.1. The first-order chi connectivity index (χ1) is 12.1. The smallest absolute Gasteiger partial charge is 0.308 e. The fourth-order valence-electron chi connectivity index (χ4n) is 3.38. The minimum Gasteiger partial charge on any atom is -0.308 e. The number of hydrogen-bond donors (Lipinski definition) is 0. The molecule has 8 heteroatoms. The van der Waals surface area contributed by atoms with Crippen molar-refractivity contribution in [1.29, 1.82) is 0 Å². The van der Waals surface area contributed by atoms with Crippen LogP contribution in [-0.4, -0.2) is 17.4 Å². The van der Waals surface area contributed by atoms with Crippen LogP contribution in [0, 0.1) is 24.0 Å². The van der Waals surface area contributed by atoms with Gasteiger partial charge in [-0.3, -0.25) is 14.9 Å². The average molecular weight is 364 g/mol. The van der Waals surface area contributed by atoms with E-state index in [1.165, 1.54) is 24.0 Å². The number of carbonyl (C=O) groups is 1. The number of benzene rings is 2. The van der Waals surface area contributed by atoms with Crippen LogP contribution < -0.4 is 4.90 Å². The fourth-order valence-corrected chi connectivity index (χ4v) is 3.38. The van der Waals surface area contributed by atoms with Gasteiger partial charge in [-0.1, -0.05) is 0 Å². The highest BCUT2D eigenvalue weighted by Crippen LogP contribution is 2.35. The summed E-state index contributed by atoms with van der Waals surface area (Å²) in [5, 5.41) is 11.3. The second-order valence-corrected chi connectivity index (χ2v) is 6.21. The maximum atomic E-state index is 12.9. The lowest BCUT2D eigenvalue weighted by Crippen LogP contribution is -2.38. The Kier molecular flexibility index (Phi) is 4.21. The van der Waals surface area contributed by atoms with Gasteiger partial charge in [-0.2, -0.15) is 13.2 Å². The van der Waals surface area contributed by atoms with Gasteiger partial charge in [0.1, 0.15) is 0 Å². The van der Waals surface area contributed by atoms with Gasteiger partial charge in [0, 0.05) is 23.4 Å². The molecule has 0 fully saturated rings. The number of hydrogen-bond acceptors (Lipinski definition) is 3. The van der Waals surface area contributed by atoms with E-state index in [4.69, 9.17) is 0 Å². The molecule has 2 aromatic rings. The van der Waals surface area contributed by atoms with Crippen molar-refractivity contribution in [2.75, 3.05) is 11.4 Å². The molecule has 0 saturated heterocycles. The van der Waals surface area contributed by atoms with Crippen LogP contribution in [0.3, 0.4) is 0 Å². The molecule has 5 nitrogen and oxygen atoms in total. The minimum atomic E-state index is -4.45. The lowest BCUT2D eigenvalue weighted by Gasteiger charge is -2.30. The van der Waals surface area contributed by atoms with Gasteiger partial charge in [0.2, 0.25) is 0 Å². The molecule has 0 atom stereocenters. The van der Waals surface area contributed by atoms with Crippen molar-refractivity contribution < 1.29 is 22.9 Å². The number of rotatable bonds is 2. The van der Waals surface area contributed by atoms with Gasteiger partial charge in [0.15, 0.2) is 0 Å². The van der Waals surface area contributed by atoms with E-state index in [-0.39, 0.29) is 16.8 Å². The van der Waals surface area contributed by atoms with E-state index in [9.17, 15) is 28.1 Å². The average Bonchev–Trinajstić information content (AvgIpc) is 2.53. The lowest BCUT2D eigenvalue weighted by atomic mass is 9.91. The Balaban J connectivity index is 2.02.